The molecule has 5 nitrogen and oxygen atoms in total. The first kappa shape index (κ1) is 22.4. The van der Waals surface area contributed by atoms with E-state index in [4.69, 9.17) is 4.74 Å². The molecule has 3 rings (SSSR count). The molecule has 0 bridgehead atoms. The van der Waals surface area contributed by atoms with Crippen molar-refractivity contribution in [3.63, 3.8) is 0 Å². The lowest BCUT2D eigenvalue weighted by molar-refractivity contribution is -0.145. The van der Waals surface area contributed by atoms with E-state index in [0.717, 1.165) is 0 Å². The second-order valence-corrected chi connectivity index (χ2v) is 10.4. The molecule has 0 N–H and O–H groups in total. The van der Waals surface area contributed by atoms with Crippen LogP contribution in [0.5, 0.6) is 5.75 Å². The Balaban J connectivity index is 2.14. The van der Waals surface area contributed by atoms with Crippen molar-refractivity contribution in [1.82, 2.24) is 0 Å². The van der Waals surface area contributed by atoms with Gasteiger partial charge in [-0.2, -0.15) is 0 Å². The van der Waals surface area contributed by atoms with Gasteiger partial charge < -0.3 is 4.74 Å². The van der Waals surface area contributed by atoms with Gasteiger partial charge in [-0.1, -0.05) is 45.9 Å². The molecule has 1 aromatic rings. The largest absolute Gasteiger partial charge is 0.494 e. The van der Waals surface area contributed by atoms with E-state index in [-0.39, 0.29) is 48.8 Å². The Labute approximate surface area is 178 Å². The van der Waals surface area contributed by atoms with Crippen LogP contribution in [0.25, 0.3) is 0 Å². The summed E-state index contributed by atoms with van der Waals surface area (Å²) in [5, 5.41) is 0. The fourth-order valence-electron chi connectivity index (χ4n) is 5.21. The number of ketones is 4. The van der Waals surface area contributed by atoms with Crippen LogP contribution >= 0.6 is 0 Å². The van der Waals surface area contributed by atoms with E-state index in [1.165, 1.54) is 0 Å². The van der Waals surface area contributed by atoms with Crippen molar-refractivity contribution in [2.75, 3.05) is 6.61 Å². The van der Waals surface area contributed by atoms with Crippen molar-refractivity contribution in [3.05, 3.63) is 29.8 Å². The van der Waals surface area contributed by atoms with E-state index < -0.39 is 28.6 Å². The summed E-state index contributed by atoms with van der Waals surface area (Å²) in [7, 11) is 0. The summed E-state index contributed by atoms with van der Waals surface area (Å²) in [4.78, 5) is 52.8. The van der Waals surface area contributed by atoms with Crippen LogP contribution in [-0.4, -0.2) is 29.7 Å². The minimum atomic E-state index is -0.987. The van der Waals surface area contributed by atoms with Crippen LogP contribution in [0.2, 0.25) is 0 Å². The quantitative estimate of drug-likeness (QED) is 0.673. The zero-order valence-corrected chi connectivity index (χ0v) is 18.6. The number of hydrogen-bond donors (Lipinski definition) is 0. The minimum Gasteiger partial charge on any atom is -0.494 e. The standard InChI is InChI=1S/C25H32O5/c1-6-30-20-10-8-7-9-15(20)21(22-16(26)11-24(2,3)12-17(22)27)23-18(28)13-25(4,5)14-19(23)29/h7-10,21-23H,6,11-14H2,1-5H3. The van der Waals surface area contributed by atoms with Gasteiger partial charge in [-0.05, 0) is 29.4 Å². The lowest BCUT2D eigenvalue weighted by atomic mass is 9.59. The molecule has 0 saturated heterocycles. The van der Waals surface area contributed by atoms with Crippen molar-refractivity contribution >= 4 is 23.1 Å². The molecule has 0 aromatic heterocycles. The predicted molar refractivity (Wildman–Crippen MR) is 113 cm³/mol. The van der Waals surface area contributed by atoms with Crippen LogP contribution < -0.4 is 4.74 Å². The third-order valence-electron chi connectivity index (χ3n) is 6.29. The molecule has 0 heterocycles. The van der Waals surface area contributed by atoms with E-state index in [0.29, 0.717) is 17.9 Å². The van der Waals surface area contributed by atoms with Gasteiger partial charge in [0.25, 0.3) is 0 Å². The van der Waals surface area contributed by atoms with Crippen molar-refractivity contribution in [1.29, 1.82) is 0 Å². The molecule has 2 saturated carbocycles. The molecule has 30 heavy (non-hydrogen) atoms. The van der Waals surface area contributed by atoms with Crippen LogP contribution in [-0.2, 0) is 19.2 Å². The molecule has 0 radical (unpaired) electrons. The van der Waals surface area contributed by atoms with Crippen LogP contribution in [0.15, 0.2) is 24.3 Å². The molecule has 5 heteroatoms. The molecule has 2 aliphatic carbocycles. The van der Waals surface area contributed by atoms with E-state index in [2.05, 4.69) is 0 Å². The Morgan fingerprint density at radius 1 is 0.800 bits per heavy atom. The third kappa shape index (κ3) is 4.40. The Morgan fingerprint density at radius 3 is 1.60 bits per heavy atom. The number of rotatable bonds is 5. The van der Waals surface area contributed by atoms with Gasteiger partial charge in [-0.3, -0.25) is 19.2 Å². The van der Waals surface area contributed by atoms with Gasteiger partial charge in [-0.25, -0.2) is 0 Å². The van der Waals surface area contributed by atoms with Gasteiger partial charge in [0.2, 0.25) is 0 Å². The van der Waals surface area contributed by atoms with Crippen molar-refractivity contribution in [2.45, 2.75) is 66.2 Å². The summed E-state index contributed by atoms with van der Waals surface area (Å²) in [5.41, 5.74) is -0.203. The van der Waals surface area contributed by atoms with E-state index in [9.17, 15) is 19.2 Å². The van der Waals surface area contributed by atoms with E-state index in [1.807, 2.05) is 40.7 Å². The third-order valence-corrected chi connectivity index (χ3v) is 6.29. The maximum absolute atomic E-state index is 13.2. The van der Waals surface area contributed by atoms with Crippen LogP contribution in [0.4, 0.5) is 0 Å². The highest BCUT2D eigenvalue weighted by molar-refractivity contribution is 6.11. The molecule has 0 atom stereocenters. The molecule has 162 valence electrons. The zero-order chi connectivity index (χ0) is 22.3. The van der Waals surface area contributed by atoms with Gasteiger partial charge >= 0.3 is 0 Å². The highest BCUT2D eigenvalue weighted by atomic mass is 16.5. The second kappa shape index (κ2) is 8.09. The van der Waals surface area contributed by atoms with Gasteiger partial charge in [0.15, 0.2) is 0 Å². The first-order valence-electron chi connectivity index (χ1n) is 10.8. The minimum absolute atomic E-state index is 0.182. The summed E-state index contributed by atoms with van der Waals surface area (Å²) in [6.07, 6.45) is 1.04. The van der Waals surface area contributed by atoms with Gasteiger partial charge in [0.05, 0.1) is 18.4 Å². The first-order chi connectivity index (χ1) is 14.0. The lowest BCUT2D eigenvalue weighted by Crippen LogP contribution is -2.48. The van der Waals surface area contributed by atoms with Crippen LogP contribution in [0.1, 0.15) is 71.8 Å². The molecule has 0 spiro atoms. The number of benzene rings is 1. The average molecular weight is 413 g/mol. The fourth-order valence-corrected chi connectivity index (χ4v) is 5.21. The molecule has 0 aliphatic heterocycles. The number of Topliss-reactive ketones (excluding diaryl/α,β-unsaturated/α-hetero) is 4. The number of ether oxygens (including phenoxy) is 1. The van der Waals surface area contributed by atoms with E-state index in [1.54, 1.807) is 18.2 Å². The number of para-hydroxylation sites is 1. The molecule has 2 aliphatic rings. The summed E-state index contributed by atoms with van der Waals surface area (Å²) in [6.45, 7) is 9.87. The summed E-state index contributed by atoms with van der Waals surface area (Å²) < 4.78 is 5.78. The predicted octanol–water partition coefficient (Wildman–Crippen LogP) is 4.32. The Kier molecular flexibility index (Phi) is 6.03. The summed E-state index contributed by atoms with van der Waals surface area (Å²) >= 11 is 0. The van der Waals surface area contributed by atoms with Gasteiger partial charge in [0, 0.05) is 31.6 Å². The molecule has 1 aromatic carbocycles. The fraction of sp³-hybridized carbons (Fsp3) is 0.600. The van der Waals surface area contributed by atoms with E-state index >= 15 is 0 Å². The molecule has 2 fully saturated rings. The van der Waals surface area contributed by atoms with Crippen molar-refractivity contribution in [2.24, 2.45) is 22.7 Å². The highest BCUT2D eigenvalue weighted by Gasteiger charge is 2.52. The second-order valence-electron chi connectivity index (χ2n) is 10.4. The number of carbonyl (C=O) groups excluding carboxylic acids is 4. The number of carbonyl (C=O) groups is 4. The number of hydrogen-bond acceptors (Lipinski definition) is 5. The maximum Gasteiger partial charge on any atom is 0.144 e. The molecular weight excluding hydrogens is 380 g/mol. The first-order valence-corrected chi connectivity index (χ1v) is 10.8. The monoisotopic (exact) mass is 412 g/mol. The smallest absolute Gasteiger partial charge is 0.144 e. The molecule has 0 unspecified atom stereocenters. The van der Waals surface area contributed by atoms with Crippen molar-refractivity contribution in [3.8, 4) is 5.75 Å². The van der Waals surface area contributed by atoms with Gasteiger partial charge in [-0.15, -0.1) is 0 Å². The van der Waals surface area contributed by atoms with Gasteiger partial charge in [0.1, 0.15) is 28.9 Å². The van der Waals surface area contributed by atoms with Crippen molar-refractivity contribution < 1.29 is 23.9 Å². The summed E-state index contributed by atoms with van der Waals surface area (Å²) in [6, 6.07) is 7.17. The Hall–Kier alpha value is -2.30. The summed E-state index contributed by atoms with van der Waals surface area (Å²) in [5.74, 6) is -2.98. The Bertz CT molecular complexity index is 791. The topological polar surface area (TPSA) is 77.5 Å². The van der Waals surface area contributed by atoms with Crippen LogP contribution in [0, 0.1) is 22.7 Å². The normalized spacial score (nSPS) is 22.6. The Morgan fingerprint density at radius 2 is 1.20 bits per heavy atom. The molecule has 0 amide bonds. The highest BCUT2D eigenvalue weighted by Crippen LogP contribution is 2.48. The zero-order valence-electron chi connectivity index (χ0n) is 18.6. The SMILES string of the molecule is CCOc1ccccc1C(C1C(=O)CC(C)(C)CC1=O)C1C(=O)CC(C)(C)CC1=O. The van der Waals surface area contributed by atoms with Crippen LogP contribution in [0.3, 0.4) is 0 Å². The lowest BCUT2D eigenvalue weighted by Gasteiger charge is -2.41. The maximum atomic E-state index is 13.2. The average Bonchev–Trinajstić information content (AvgIpc) is 2.58. The molecular formula is C25H32O5.